The zero-order chi connectivity index (χ0) is 5.54. The topological polar surface area (TPSA) is 12.4 Å². The molecule has 40 valence electrons. The second-order valence-electron chi connectivity index (χ2n) is 0.782. The summed E-state index contributed by atoms with van der Waals surface area (Å²) in [4.78, 5) is 3.83. The monoisotopic (exact) mass is 227 g/mol. The molecule has 0 aromatic carbocycles. The van der Waals surface area contributed by atoms with Crippen molar-refractivity contribution in [1.29, 1.82) is 0 Å². The van der Waals surface area contributed by atoms with Crippen LogP contribution >= 0.6 is 30.1 Å². The summed E-state index contributed by atoms with van der Waals surface area (Å²) in [6.07, 6.45) is 3.51. The van der Waals surface area contributed by atoms with Gasteiger partial charge < -0.3 is 0 Å². The van der Waals surface area contributed by atoms with Gasteiger partial charge in [0.25, 0.3) is 0 Å². The molecule has 0 unspecified atom stereocenters. The first kappa shape index (κ1) is 7.49. The Bertz CT molecular complexity index is 79.8. The molecule has 0 aromatic heterocycles. The normalized spacial score (nSPS) is 11.7. The standard InChI is InChI=1S/C4H6INS/c1-2-6-3-4-7-5/h2-4H,1H3/b4-3-,6-2?. The average Bonchev–Trinajstić information content (AvgIpc) is 1.69. The van der Waals surface area contributed by atoms with E-state index in [2.05, 4.69) is 26.2 Å². The Morgan fingerprint density at radius 1 is 1.71 bits per heavy atom. The molecule has 0 bridgehead atoms. The number of halogens is 1. The van der Waals surface area contributed by atoms with E-state index in [1.54, 1.807) is 21.3 Å². The molecule has 0 saturated carbocycles. The Morgan fingerprint density at radius 2 is 2.43 bits per heavy atom. The molecule has 0 aliphatic carbocycles. The molecule has 0 aliphatic rings. The molecule has 0 atom stereocenters. The van der Waals surface area contributed by atoms with Crippen molar-refractivity contribution in [3.8, 4) is 0 Å². The molecular formula is C4H6INS. The van der Waals surface area contributed by atoms with Crippen molar-refractivity contribution in [3.63, 3.8) is 0 Å². The third kappa shape index (κ3) is 6.49. The maximum atomic E-state index is 3.83. The van der Waals surface area contributed by atoms with Crippen LogP contribution in [0.25, 0.3) is 0 Å². The summed E-state index contributed by atoms with van der Waals surface area (Å²) in [6.45, 7) is 1.89. The van der Waals surface area contributed by atoms with Crippen LogP contribution in [0.1, 0.15) is 6.92 Å². The first-order valence-corrected chi connectivity index (χ1v) is 5.24. The minimum absolute atomic E-state index is 1.62. The molecular weight excluding hydrogens is 221 g/mol. The van der Waals surface area contributed by atoms with Gasteiger partial charge in [-0.2, -0.15) is 0 Å². The van der Waals surface area contributed by atoms with Crippen LogP contribution in [0.4, 0.5) is 0 Å². The van der Waals surface area contributed by atoms with Gasteiger partial charge in [-0.15, -0.1) is 0 Å². The Labute approximate surface area is 59.9 Å². The van der Waals surface area contributed by atoms with Crippen molar-refractivity contribution in [2.45, 2.75) is 6.92 Å². The Balaban J connectivity index is 3.09. The predicted octanol–water partition coefficient (Wildman–Crippen LogP) is 2.63. The van der Waals surface area contributed by atoms with Gasteiger partial charge in [0.05, 0.1) is 0 Å². The van der Waals surface area contributed by atoms with E-state index in [9.17, 15) is 0 Å². The highest BCUT2D eigenvalue weighted by atomic mass is 127. The van der Waals surface area contributed by atoms with E-state index in [0.717, 1.165) is 0 Å². The highest BCUT2D eigenvalue weighted by Crippen LogP contribution is 2.11. The van der Waals surface area contributed by atoms with E-state index in [4.69, 9.17) is 0 Å². The lowest BCUT2D eigenvalue weighted by molar-refractivity contribution is 1.60. The number of nitrogens with zero attached hydrogens (tertiary/aromatic N) is 1. The molecule has 0 amide bonds. The van der Waals surface area contributed by atoms with Gasteiger partial charge in [0.2, 0.25) is 0 Å². The maximum absolute atomic E-state index is 3.83. The quantitative estimate of drug-likeness (QED) is 0.521. The fourth-order valence-corrected chi connectivity index (χ4v) is 0.654. The van der Waals surface area contributed by atoms with Gasteiger partial charge >= 0.3 is 0 Å². The summed E-state index contributed by atoms with van der Waals surface area (Å²) >= 11 is 2.18. The molecule has 0 rings (SSSR count). The Kier molecular flexibility index (Phi) is 6.94. The van der Waals surface area contributed by atoms with Crippen LogP contribution in [-0.4, -0.2) is 6.21 Å². The van der Waals surface area contributed by atoms with Gasteiger partial charge in [-0.3, -0.25) is 4.99 Å². The van der Waals surface area contributed by atoms with Crippen LogP contribution in [-0.2, 0) is 0 Å². The van der Waals surface area contributed by atoms with Gasteiger partial charge in [0, 0.05) is 33.6 Å². The van der Waals surface area contributed by atoms with Gasteiger partial charge in [-0.25, -0.2) is 0 Å². The molecule has 7 heavy (non-hydrogen) atoms. The minimum atomic E-state index is 1.62. The highest BCUT2D eigenvalue weighted by Gasteiger charge is 1.59. The zero-order valence-electron chi connectivity index (χ0n) is 3.97. The van der Waals surface area contributed by atoms with E-state index < -0.39 is 0 Å². The first-order chi connectivity index (χ1) is 3.41. The minimum Gasteiger partial charge on any atom is -0.269 e. The third-order valence-corrected chi connectivity index (χ3v) is 1.45. The van der Waals surface area contributed by atoms with E-state index in [1.807, 2.05) is 12.3 Å². The summed E-state index contributed by atoms with van der Waals surface area (Å²) in [5.74, 6) is 0. The van der Waals surface area contributed by atoms with Crippen molar-refractivity contribution >= 4 is 36.4 Å². The van der Waals surface area contributed by atoms with Crippen LogP contribution in [0, 0.1) is 0 Å². The summed E-state index contributed by atoms with van der Waals surface area (Å²) < 4.78 is 0. The van der Waals surface area contributed by atoms with E-state index in [-0.39, 0.29) is 0 Å². The van der Waals surface area contributed by atoms with Gasteiger partial charge in [-0.05, 0) is 12.3 Å². The molecule has 0 N–H and O–H groups in total. The maximum Gasteiger partial charge on any atom is 0.0334 e. The van der Waals surface area contributed by atoms with E-state index >= 15 is 0 Å². The molecule has 0 heterocycles. The van der Waals surface area contributed by atoms with Crippen LogP contribution < -0.4 is 0 Å². The molecule has 0 aliphatic heterocycles. The van der Waals surface area contributed by atoms with E-state index in [0.29, 0.717) is 0 Å². The highest BCUT2D eigenvalue weighted by molar-refractivity contribution is 14.2. The summed E-state index contributed by atoms with van der Waals surface area (Å²) in [7, 11) is 1.62. The van der Waals surface area contributed by atoms with Crippen molar-refractivity contribution in [2.75, 3.05) is 0 Å². The van der Waals surface area contributed by atoms with Crippen molar-refractivity contribution < 1.29 is 0 Å². The average molecular weight is 227 g/mol. The smallest absolute Gasteiger partial charge is 0.0334 e. The first-order valence-electron chi connectivity index (χ1n) is 1.82. The van der Waals surface area contributed by atoms with Gasteiger partial charge in [0.1, 0.15) is 0 Å². The molecule has 0 aromatic rings. The summed E-state index contributed by atoms with van der Waals surface area (Å²) in [5.41, 5.74) is 0. The lowest BCUT2D eigenvalue weighted by Crippen LogP contribution is -1.49. The third-order valence-electron chi connectivity index (χ3n) is 0.347. The fraction of sp³-hybridized carbons (Fsp3) is 0.250. The van der Waals surface area contributed by atoms with Crippen LogP contribution in [0.15, 0.2) is 16.6 Å². The molecule has 0 spiro atoms. The predicted molar refractivity (Wildman–Crippen MR) is 44.9 cm³/mol. The lowest BCUT2D eigenvalue weighted by Gasteiger charge is -1.69. The number of aliphatic imine (C=N–C) groups is 1. The van der Waals surface area contributed by atoms with Crippen LogP contribution in [0.3, 0.4) is 0 Å². The molecule has 0 radical (unpaired) electrons. The Hall–Kier alpha value is 0.490. The van der Waals surface area contributed by atoms with E-state index in [1.165, 1.54) is 0 Å². The van der Waals surface area contributed by atoms with Crippen LogP contribution in [0.5, 0.6) is 0 Å². The van der Waals surface area contributed by atoms with Crippen LogP contribution in [0.2, 0.25) is 0 Å². The summed E-state index contributed by atoms with van der Waals surface area (Å²) in [6, 6.07) is 0. The zero-order valence-corrected chi connectivity index (χ0v) is 6.94. The molecule has 0 fully saturated rings. The number of rotatable bonds is 2. The number of hydrogen-bond donors (Lipinski definition) is 0. The number of hydrogen-bond acceptors (Lipinski definition) is 2. The SMILES string of the molecule is CC=N/C=C\SI. The second kappa shape index (κ2) is 6.49. The molecule has 1 nitrogen and oxygen atoms in total. The molecule has 3 heteroatoms. The fourth-order valence-electron chi connectivity index (χ4n) is 0.144. The largest absolute Gasteiger partial charge is 0.269 e. The second-order valence-corrected chi connectivity index (χ2v) is 2.76. The molecule has 0 saturated heterocycles. The lowest BCUT2D eigenvalue weighted by atomic mass is 10.9. The Morgan fingerprint density at radius 3 is 2.86 bits per heavy atom. The van der Waals surface area contributed by atoms with Crippen molar-refractivity contribution in [1.82, 2.24) is 0 Å². The van der Waals surface area contributed by atoms with Crippen molar-refractivity contribution in [2.24, 2.45) is 4.99 Å². The van der Waals surface area contributed by atoms with Gasteiger partial charge in [0.15, 0.2) is 0 Å². The summed E-state index contributed by atoms with van der Waals surface area (Å²) in [5, 5.41) is 1.92. The van der Waals surface area contributed by atoms with Gasteiger partial charge in [-0.1, -0.05) is 8.93 Å². The van der Waals surface area contributed by atoms with Crippen molar-refractivity contribution in [3.05, 3.63) is 11.6 Å².